The minimum Gasteiger partial charge on any atom is -0.379 e. The van der Waals surface area contributed by atoms with Crippen molar-refractivity contribution < 1.29 is 9.53 Å². The van der Waals surface area contributed by atoms with Gasteiger partial charge in [-0.1, -0.05) is 39.3 Å². The average molecular weight is 502 g/mol. The Kier molecular flexibility index (Phi) is 10.2. The molecule has 0 aromatic heterocycles. The smallest absolute Gasteiger partial charge is 0.227 e. The highest BCUT2D eigenvalue weighted by molar-refractivity contribution is 14.0. The maximum absolute atomic E-state index is 12.1. The topological polar surface area (TPSA) is 74.8 Å². The standard InChI is InChI=1S/C21H34N4O2.HI/c1-21(2,3)18(27-5)14-24-20(22-4)23-13-15-8-6-11-17(12-15)25-19(26)16-9-7-10-16;/h6,8,11-12,16,18H,7,9-10,13-14H2,1-5H3,(H,25,26)(H2,22,23,24);1H. The summed E-state index contributed by atoms with van der Waals surface area (Å²) in [6.07, 6.45) is 3.26. The van der Waals surface area contributed by atoms with Crippen LogP contribution in [0.25, 0.3) is 0 Å². The van der Waals surface area contributed by atoms with E-state index in [0.717, 1.165) is 36.5 Å². The fraction of sp³-hybridized carbons (Fsp3) is 0.619. The molecule has 1 atom stereocenters. The van der Waals surface area contributed by atoms with Crippen molar-refractivity contribution in [2.24, 2.45) is 16.3 Å². The maximum Gasteiger partial charge on any atom is 0.227 e. The van der Waals surface area contributed by atoms with Crippen LogP contribution in [0.3, 0.4) is 0 Å². The minimum atomic E-state index is 0. The number of hydrogen-bond donors (Lipinski definition) is 3. The molecule has 0 aliphatic heterocycles. The zero-order valence-corrected chi connectivity index (χ0v) is 20.0. The van der Waals surface area contributed by atoms with Crippen molar-refractivity contribution in [3.63, 3.8) is 0 Å². The van der Waals surface area contributed by atoms with Crippen molar-refractivity contribution >= 4 is 41.5 Å². The molecule has 1 aromatic rings. The highest BCUT2D eigenvalue weighted by Crippen LogP contribution is 2.27. The number of anilines is 1. The molecule has 158 valence electrons. The molecule has 3 N–H and O–H groups in total. The lowest BCUT2D eigenvalue weighted by Gasteiger charge is -2.30. The van der Waals surface area contributed by atoms with E-state index in [2.05, 4.69) is 41.7 Å². The van der Waals surface area contributed by atoms with Gasteiger partial charge in [-0.3, -0.25) is 9.79 Å². The summed E-state index contributed by atoms with van der Waals surface area (Å²) >= 11 is 0. The Hall–Kier alpha value is -1.35. The lowest BCUT2D eigenvalue weighted by molar-refractivity contribution is -0.122. The molecule has 1 fully saturated rings. The molecule has 0 heterocycles. The van der Waals surface area contributed by atoms with Gasteiger partial charge in [0.2, 0.25) is 5.91 Å². The number of carbonyl (C=O) groups excluding carboxylic acids is 1. The van der Waals surface area contributed by atoms with Crippen LogP contribution in [-0.2, 0) is 16.1 Å². The summed E-state index contributed by atoms with van der Waals surface area (Å²) in [7, 11) is 3.49. The van der Waals surface area contributed by atoms with E-state index in [4.69, 9.17) is 4.74 Å². The quantitative estimate of drug-likeness (QED) is 0.302. The number of methoxy groups -OCH3 is 1. The van der Waals surface area contributed by atoms with E-state index in [9.17, 15) is 4.79 Å². The number of nitrogens with zero attached hydrogens (tertiary/aromatic N) is 1. The van der Waals surface area contributed by atoms with Crippen molar-refractivity contribution in [1.29, 1.82) is 0 Å². The highest BCUT2D eigenvalue weighted by atomic mass is 127. The van der Waals surface area contributed by atoms with Crippen molar-refractivity contribution in [1.82, 2.24) is 10.6 Å². The zero-order valence-electron chi connectivity index (χ0n) is 17.7. The van der Waals surface area contributed by atoms with Gasteiger partial charge in [0.15, 0.2) is 5.96 Å². The predicted molar refractivity (Wildman–Crippen MR) is 126 cm³/mol. The number of nitrogens with one attached hydrogen (secondary N) is 3. The monoisotopic (exact) mass is 502 g/mol. The average Bonchev–Trinajstić information content (AvgIpc) is 2.55. The lowest BCUT2D eigenvalue weighted by atomic mass is 9.85. The molecule has 2 rings (SSSR count). The molecular formula is C21H35IN4O2. The number of halogens is 1. The van der Waals surface area contributed by atoms with Gasteiger partial charge in [0.1, 0.15) is 0 Å². The van der Waals surface area contributed by atoms with Crippen molar-refractivity contribution in [3.05, 3.63) is 29.8 Å². The largest absolute Gasteiger partial charge is 0.379 e. The number of benzene rings is 1. The third-order valence-corrected chi connectivity index (χ3v) is 5.06. The summed E-state index contributed by atoms with van der Waals surface area (Å²) in [5.41, 5.74) is 1.98. The molecule has 1 aliphatic carbocycles. The molecule has 7 heteroatoms. The Labute approximate surface area is 186 Å². The van der Waals surface area contributed by atoms with Gasteiger partial charge in [-0.2, -0.15) is 0 Å². The van der Waals surface area contributed by atoms with E-state index in [1.54, 1.807) is 14.2 Å². The van der Waals surface area contributed by atoms with Gasteiger partial charge in [-0.25, -0.2) is 0 Å². The van der Waals surface area contributed by atoms with E-state index in [1.807, 2.05) is 24.3 Å². The van der Waals surface area contributed by atoms with Crippen LogP contribution >= 0.6 is 24.0 Å². The van der Waals surface area contributed by atoms with Crippen LogP contribution < -0.4 is 16.0 Å². The number of guanidine groups is 1. The van der Waals surface area contributed by atoms with Crippen LogP contribution in [0.4, 0.5) is 5.69 Å². The fourth-order valence-corrected chi connectivity index (χ4v) is 3.01. The molecule has 1 saturated carbocycles. The van der Waals surface area contributed by atoms with Gasteiger partial charge in [-0.15, -0.1) is 24.0 Å². The fourth-order valence-electron chi connectivity index (χ4n) is 3.01. The number of ether oxygens (including phenoxy) is 1. The summed E-state index contributed by atoms with van der Waals surface area (Å²) in [5.74, 6) is 1.05. The molecule has 1 amide bonds. The highest BCUT2D eigenvalue weighted by Gasteiger charge is 2.25. The summed E-state index contributed by atoms with van der Waals surface area (Å²) in [6.45, 7) is 7.77. The Morgan fingerprint density at radius 2 is 2.00 bits per heavy atom. The third-order valence-electron chi connectivity index (χ3n) is 5.06. The first-order chi connectivity index (χ1) is 12.8. The van der Waals surface area contributed by atoms with Gasteiger partial charge in [-0.05, 0) is 36.0 Å². The van der Waals surface area contributed by atoms with E-state index in [1.165, 1.54) is 0 Å². The first-order valence-electron chi connectivity index (χ1n) is 9.70. The molecule has 6 nitrogen and oxygen atoms in total. The first kappa shape index (κ1) is 24.7. The van der Waals surface area contributed by atoms with Gasteiger partial charge in [0, 0.05) is 38.9 Å². The second-order valence-corrected chi connectivity index (χ2v) is 8.21. The Morgan fingerprint density at radius 1 is 1.29 bits per heavy atom. The summed E-state index contributed by atoms with van der Waals surface area (Å²) in [5, 5.41) is 9.65. The van der Waals surface area contributed by atoms with Gasteiger partial charge in [0.05, 0.1) is 6.10 Å². The van der Waals surface area contributed by atoms with Crippen LogP contribution in [0.2, 0.25) is 0 Å². The molecule has 1 aliphatic rings. The van der Waals surface area contributed by atoms with Crippen molar-refractivity contribution in [2.45, 2.75) is 52.7 Å². The summed E-state index contributed by atoms with van der Waals surface area (Å²) in [4.78, 5) is 16.4. The lowest BCUT2D eigenvalue weighted by Crippen LogP contribution is -2.45. The van der Waals surface area contributed by atoms with Gasteiger partial charge >= 0.3 is 0 Å². The van der Waals surface area contributed by atoms with Crippen LogP contribution in [0.1, 0.15) is 45.6 Å². The first-order valence-corrected chi connectivity index (χ1v) is 9.70. The van der Waals surface area contributed by atoms with E-state index in [0.29, 0.717) is 13.1 Å². The van der Waals surface area contributed by atoms with Crippen molar-refractivity contribution in [3.8, 4) is 0 Å². The number of carbonyl (C=O) groups is 1. The van der Waals surface area contributed by atoms with Crippen LogP contribution in [-0.4, -0.2) is 38.7 Å². The normalized spacial score (nSPS) is 15.8. The van der Waals surface area contributed by atoms with Gasteiger partial charge in [0.25, 0.3) is 0 Å². The predicted octanol–water partition coefficient (Wildman–Crippen LogP) is 3.77. The Balaban J connectivity index is 0.00000392. The molecular weight excluding hydrogens is 467 g/mol. The number of amides is 1. The molecule has 1 aromatic carbocycles. The Bertz CT molecular complexity index is 654. The Morgan fingerprint density at radius 3 is 2.54 bits per heavy atom. The van der Waals surface area contributed by atoms with Gasteiger partial charge < -0.3 is 20.7 Å². The molecule has 0 bridgehead atoms. The van der Waals surface area contributed by atoms with Crippen LogP contribution in [0.15, 0.2) is 29.3 Å². The van der Waals surface area contributed by atoms with E-state index < -0.39 is 0 Å². The van der Waals surface area contributed by atoms with Crippen molar-refractivity contribution in [2.75, 3.05) is 26.0 Å². The third kappa shape index (κ3) is 7.58. The molecule has 0 radical (unpaired) electrons. The minimum absolute atomic E-state index is 0. The molecule has 0 spiro atoms. The van der Waals surface area contributed by atoms with E-state index >= 15 is 0 Å². The SMILES string of the molecule is CN=C(NCc1cccc(NC(=O)C2CCC2)c1)NCC(OC)C(C)(C)C.I. The van der Waals surface area contributed by atoms with E-state index in [-0.39, 0.29) is 47.3 Å². The zero-order chi connectivity index (χ0) is 19.9. The summed E-state index contributed by atoms with van der Waals surface area (Å²) < 4.78 is 5.57. The van der Waals surface area contributed by atoms with Crippen LogP contribution in [0.5, 0.6) is 0 Å². The number of aliphatic imine (C=N–C) groups is 1. The number of hydrogen-bond acceptors (Lipinski definition) is 3. The molecule has 0 saturated heterocycles. The number of rotatable bonds is 7. The summed E-state index contributed by atoms with van der Waals surface area (Å²) in [6, 6.07) is 7.93. The van der Waals surface area contributed by atoms with Crippen LogP contribution in [0, 0.1) is 11.3 Å². The maximum atomic E-state index is 12.1. The molecule has 1 unspecified atom stereocenters. The second-order valence-electron chi connectivity index (χ2n) is 8.21. The second kappa shape index (κ2) is 11.6. The molecule has 28 heavy (non-hydrogen) atoms.